The SMILES string of the molecule is [As-3].[As-3].[Ga+3].[In+3].[N]. The van der Waals surface area contributed by atoms with E-state index < -0.39 is 0 Å². The average Bonchev–Trinajstić information content (AvgIpc) is 0. The zero-order valence-electron chi connectivity index (χ0n) is 2.50. The van der Waals surface area contributed by atoms with E-state index in [4.69, 9.17) is 0 Å². The third-order valence-corrected chi connectivity index (χ3v) is 0. The fraction of sp³-hybridized carbons (Fsp3) is 0. The minimum absolute atomic E-state index is 0. The van der Waals surface area contributed by atoms with Crippen molar-refractivity contribution in [1.29, 1.82) is 0 Å². The van der Waals surface area contributed by atoms with Gasteiger partial charge in [-0.1, -0.05) is 0 Å². The van der Waals surface area contributed by atoms with Gasteiger partial charge in [0.1, 0.15) is 0 Å². The predicted octanol–water partition coefficient (Wildman–Crippen LogP) is -2.00. The molecular weight excluding hydrogens is 348 g/mol. The summed E-state index contributed by atoms with van der Waals surface area (Å²) >= 11 is 0. The second kappa shape index (κ2) is 30.8. The first-order valence-corrected chi connectivity index (χ1v) is 0. The molecule has 0 saturated carbocycles. The Labute approximate surface area is 86.5 Å². The summed E-state index contributed by atoms with van der Waals surface area (Å²) in [5.41, 5.74) is 0. The van der Waals surface area contributed by atoms with E-state index in [1.165, 1.54) is 0 Å². The minimum atomic E-state index is 0. The molecule has 0 aromatic heterocycles. The smallest absolute Gasteiger partial charge is 3.00 e. The van der Waals surface area contributed by atoms with E-state index in [0.29, 0.717) is 0 Å². The molecule has 0 saturated heterocycles. The van der Waals surface area contributed by atoms with Crippen LogP contribution < -0.4 is 6.15 Å². The van der Waals surface area contributed by atoms with Crippen molar-refractivity contribution < 1.29 is 0 Å². The van der Waals surface area contributed by atoms with Gasteiger partial charge in [-0.15, -0.1) is 0 Å². The molecule has 0 atom stereocenters. The fourth-order valence-electron chi connectivity index (χ4n) is 0. The predicted molar refractivity (Wildman–Crippen MR) is 25.1 cm³/mol. The maximum absolute atomic E-state index is 0. The summed E-state index contributed by atoms with van der Waals surface area (Å²) < 4.78 is 0. The van der Waals surface area contributed by atoms with Gasteiger partial charge >= 0.3 is 45.6 Å². The molecule has 3 radical (unpaired) electrons. The maximum Gasteiger partial charge on any atom is 3.00 e. The Kier molecular flexibility index (Phi) is 303. The van der Waals surface area contributed by atoms with Crippen LogP contribution in [0.5, 0.6) is 0 Å². The van der Waals surface area contributed by atoms with Crippen molar-refractivity contribution in [3.63, 3.8) is 0 Å². The van der Waals surface area contributed by atoms with E-state index in [9.17, 15) is 0 Å². The molecule has 0 aliphatic heterocycles. The van der Waals surface area contributed by atoms with E-state index >= 15 is 0 Å². The van der Waals surface area contributed by atoms with Crippen LogP contribution in [0.15, 0.2) is 0 Å². The summed E-state index contributed by atoms with van der Waals surface area (Å²) in [6, 6.07) is 0. The first kappa shape index (κ1) is 49.2. The normalized spacial score (nSPS) is 0. The molecule has 0 heterocycles. The van der Waals surface area contributed by atoms with Gasteiger partial charge in [0, 0.05) is 6.15 Å². The van der Waals surface area contributed by atoms with Gasteiger partial charge in [0.2, 0.25) is 0 Å². The van der Waals surface area contributed by atoms with Crippen molar-refractivity contribution in [3.05, 3.63) is 0 Å². The van der Waals surface area contributed by atoms with Gasteiger partial charge in [-0.3, -0.25) is 0 Å². The van der Waals surface area contributed by atoms with Crippen LogP contribution in [-0.2, 0) is 0 Å². The molecule has 0 rings (SSSR count). The van der Waals surface area contributed by atoms with Crippen molar-refractivity contribution in [1.82, 2.24) is 6.15 Å². The quantitative estimate of drug-likeness (QED) is 0.454. The summed E-state index contributed by atoms with van der Waals surface area (Å²) in [4.78, 5) is 0. The van der Waals surface area contributed by atoms with Crippen LogP contribution in [0.3, 0.4) is 0 Å². The molecule has 5 heavy (non-hydrogen) atoms. The van der Waals surface area contributed by atoms with Gasteiger partial charge in [-0.2, -0.15) is 0 Å². The molecule has 0 bridgehead atoms. The molecule has 0 aromatic carbocycles. The Balaban J connectivity index is 0. The Morgan fingerprint density at radius 1 is 0.800 bits per heavy atom. The van der Waals surface area contributed by atoms with E-state index in [-0.39, 0.29) is 87.7 Å². The van der Waals surface area contributed by atoms with Crippen LogP contribution in [0.1, 0.15) is 0 Å². The van der Waals surface area contributed by atoms with E-state index in [1.54, 1.807) is 0 Å². The number of rotatable bonds is 0. The maximum atomic E-state index is 0. The summed E-state index contributed by atoms with van der Waals surface area (Å²) in [6.45, 7) is 0. The van der Waals surface area contributed by atoms with Gasteiger partial charge in [0.15, 0.2) is 0 Å². The van der Waals surface area contributed by atoms with Gasteiger partial charge < -0.3 is 35.9 Å². The molecule has 0 unspecified atom stereocenters. The van der Waals surface area contributed by atoms with Crippen molar-refractivity contribution in [2.45, 2.75) is 0 Å². The Morgan fingerprint density at radius 3 is 0.800 bits per heavy atom. The van der Waals surface area contributed by atoms with Gasteiger partial charge in [0.05, 0.1) is 0 Å². The van der Waals surface area contributed by atoms with Crippen LogP contribution in [0, 0.1) is 0 Å². The molecular formula is As2GaInN. The second-order valence-electron chi connectivity index (χ2n) is 0. The number of hydrogen-bond donors (Lipinski definition) is 0. The van der Waals surface area contributed by atoms with Crippen LogP contribution in [0.2, 0.25) is 0 Å². The average molecular weight is 348 g/mol. The number of hydrogen-bond acceptors (Lipinski definition) is 0. The topological polar surface area (TPSA) is 30.5 Å². The van der Waals surface area contributed by atoms with Crippen molar-refractivity contribution in [2.75, 3.05) is 0 Å². The molecule has 0 aliphatic rings. The molecule has 0 aromatic rings. The largest absolute Gasteiger partial charge is 3.00 e. The van der Waals surface area contributed by atoms with E-state index in [1.807, 2.05) is 0 Å². The first-order chi connectivity index (χ1) is 0. The van der Waals surface area contributed by atoms with Crippen LogP contribution >= 0.6 is 0 Å². The Hall–Kier alpha value is 2.58. The van der Waals surface area contributed by atoms with E-state index in [2.05, 4.69) is 0 Å². The molecule has 0 fully saturated rings. The second-order valence-corrected chi connectivity index (χ2v) is 0. The van der Waals surface area contributed by atoms with Gasteiger partial charge in [0.25, 0.3) is 0 Å². The van der Waals surface area contributed by atoms with Gasteiger partial charge in [-0.05, 0) is 0 Å². The molecule has 0 spiro atoms. The van der Waals surface area contributed by atoms with Crippen LogP contribution in [-0.4, -0.2) is 81.5 Å². The Morgan fingerprint density at radius 2 is 0.800 bits per heavy atom. The molecule has 0 amide bonds. The molecule has 0 aliphatic carbocycles. The van der Waals surface area contributed by atoms with Crippen molar-refractivity contribution in [3.8, 4) is 0 Å². The van der Waals surface area contributed by atoms with Crippen LogP contribution in [0.4, 0.5) is 0 Å². The van der Waals surface area contributed by atoms with Crippen molar-refractivity contribution in [2.24, 2.45) is 0 Å². The monoisotopic (exact) mass is 348 g/mol. The summed E-state index contributed by atoms with van der Waals surface area (Å²) in [7, 11) is 0. The fourth-order valence-corrected chi connectivity index (χ4v) is 0. The van der Waals surface area contributed by atoms with E-state index in [0.717, 1.165) is 0 Å². The molecule has 5 heteroatoms. The standard InChI is InChI=1S/2As.Ga.In.N/q2*-3;2*+3;. The minimum Gasteiger partial charge on any atom is -3.00 e. The molecule has 1 nitrogen and oxygen atoms in total. The molecule has 21 valence electrons. The summed E-state index contributed by atoms with van der Waals surface area (Å²) in [5.74, 6) is 0. The molecule has 0 N–H and O–H groups in total. The summed E-state index contributed by atoms with van der Waals surface area (Å²) in [6.07, 6.45) is 0. The van der Waals surface area contributed by atoms with Gasteiger partial charge in [-0.25, -0.2) is 0 Å². The third kappa shape index (κ3) is 20.7. The summed E-state index contributed by atoms with van der Waals surface area (Å²) in [5, 5.41) is 0. The third-order valence-electron chi connectivity index (χ3n) is 0. The first-order valence-electron chi connectivity index (χ1n) is 0. The zero-order chi connectivity index (χ0) is 0. The zero-order valence-corrected chi connectivity index (χ0v) is 12.0. The van der Waals surface area contributed by atoms with Crippen molar-refractivity contribution >= 4 is 81.5 Å². The van der Waals surface area contributed by atoms with Crippen LogP contribution in [0.25, 0.3) is 0 Å². The Bertz CT molecular complexity index is 9.61. The number of nitrogens with zero attached hydrogens (tertiary/aromatic N) is 1.